The van der Waals surface area contributed by atoms with Crippen molar-refractivity contribution in [2.75, 3.05) is 0 Å². The highest BCUT2D eigenvalue weighted by Gasteiger charge is 2.69. The Morgan fingerprint density at radius 3 is 2.59 bits per heavy atom. The van der Waals surface area contributed by atoms with E-state index < -0.39 is 34.9 Å². The summed E-state index contributed by atoms with van der Waals surface area (Å²) >= 11 is 6.40. The molecule has 1 aliphatic rings. The van der Waals surface area contributed by atoms with E-state index in [1.807, 2.05) is 13.0 Å². The molecule has 1 atom stereocenters. The van der Waals surface area contributed by atoms with Gasteiger partial charge in [-0.1, -0.05) is 23.7 Å². The highest BCUT2D eigenvalue weighted by atomic mass is 35.5. The predicted molar refractivity (Wildman–Crippen MR) is 144 cm³/mol. The number of aromatic nitrogens is 3. The number of carbonyl (C=O) groups excluding carboxylic acids is 1. The van der Waals surface area contributed by atoms with Crippen LogP contribution < -0.4 is 15.6 Å². The minimum Gasteiger partial charge on any atom is -0.437 e. The van der Waals surface area contributed by atoms with Crippen LogP contribution in [-0.4, -0.2) is 37.0 Å². The number of halogens is 3. The zero-order valence-electron chi connectivity index (χ0n) is 21.9. The fourth-order valence-electron chi connectivity index (χ4n) is 4.43. The normalized spacial score (nSPS) is 18.3. The predicted octanol–water partition coefficient (Wildman–Crippen LogP) is 5.44. The summed E-state index contributed by atoms with van der Waals surface area (Å²) in [4.78, 5) is 33.2. The number of aromatic amines is 1. The minimum absolute atomic E-state index is 0.0468. The maximum atomic E-state index is 13.7. The first-order valence-corrected chi connectivity index (χ1v) is 12.6. The first-order chi connectivity index (χ1) is 18.1. The molecule has 3 heterocycles. The molecule has 0 bridgehead atoms. The van der Waals surface area contributed by atoms with Crippen LogP contribution in [0.3, 0.4) is 0 Å². The third-order valence-electron chi connectivity index (χ3n) is 7.07. The van der Waals surface area contributed by atoms with E-state index in [1.165, 1.54) is 23.8 Å². The van der Waals surface area contributed by atoms with Crippen LogP contribution in [0.15, 0.2) is 47.5 Å². The summed E-state index contributed by atoms with van der Waals surface area (Å²) in [7, 11) is 1.55. The van der Waals surface area contributed by atoms with E-state index in [0.29, 0.717) is 32.8 Å². The molecule has 39 heavy (non-hydrogen) atoms. The molecule has 3 N–H and O–H groups in total. The van der Waals surface area contributed by atoms with Gasteiger partial charge in [-0.2, -0.15) is 0 Å². The number of nitrogens with one attached hydrogen (secondary N) is 2. The Morgan fingerprint density at radius 2 is 1.97 bits per heavy atom. The van der Waals surface area contributed by atoms with Gasteiger partial charge in [0.05, 0.1) is 10.6 Å². The standard InChI is InChI=1S/C28H27ClF2N4O4/c1-14-7-6-8-19(29)22(14)39-24-17(9-15(11-32-24)26(2,3)38)18-12-35(5)25(37)21-16(18)10-20(33-21)23(36)34-27(4)13-28(27,30)31/h6-12,33,38H,13H2,1-5H3,(H,34,36). The van der Waals surface area contributed by atoms with E-state index in [4.69, 9.17) is 16.3 Å². The summed E-state index contributed by atoms with van der Waals surface area (Å²) in [5.74, 6) is -3.22. The zero-order chi connectivity index (χ0) is 28.5. The Bertz CT molecular complexity index is 1690. The van der Waals surface area contributed by atoms with Gasteiger partial charge in [0.15, 0.2) is 5.75 Å². The molecule has 1 fully saturated rings. The molecule has 8 nitrogen and oxygen atoms in total. The lowest BCUT2D eigenvalue weighted by molar-refractivity contribution is 0.0709. The molecule has 0 radical (unpaired) electrons. The van der Waals surface area contributed by atoms with Crippen LogP contribution in [0.5, 0.6) is 11.6 Å². The molecule has 1 aromatic carbocycles. The summed E-state index contributed by atoms with van der Waals surface area (Å²) in [6.07, 6.45) is 2.58. The van der Waals surface area contributed by atoms with Crippen molar-refractivity contribution in [3.05, 3.63) is 74.9 Å². The van der Waals surface area contributed by atoms with Crippen LogP contribution in [0.2, 0.25) is 5.02 Å². The molecule has 0 saturated heterocycles. The van der Waals surface area contributed by atoms with E-state index in [0.717, 1.165) is 5.56 Å². The summed E-state index contributed by atoms with van der Waals surface area (Å²) in [5, 5.41) is 13.8. The lowest BCUT2D eigenvalue weighted by Gasteiger charge is -2.20. The van der Waals surface area contributed by atoms with E-state index in [2.05, 4.69) is 15.3 Å². The molecule has 1 aliphatic carbocycles. The number of H-pyrrole nitrogens is 1. The number of carbonyl (C=O) groups is 1. The number of pyridine rings is 2. The van der Waals surface area contributed by atoms with E-state index in [9.17, 15) is 23.5 Å². The number of aliphatic hydroxyl groups is 1. The topological polar surface area (TPSA) is 109 Å². The number of aryl methyl sites for hydroxylation is 2. The van der Waals surface area contributed by atoms with Gasteiger partial charge in [0.25, 0.3) is 17.4 Å². The molecular weight excluding hydrogens is 530 g/mol. The second-order valence-electron chi connectivity index (χ2n) is 10.7. The van der Waals surface area contributed by atoms with Crippen LogP contribution in [0.1, 0.15) is 48.8 Å². The summed E-state index contributed by atoms with van der Waals surface area (Å²) < 4.78 is 35.0. The summed E-state index contributed by atoms with van der Waals surface area (Å²) in [5.41, 5.74) is -1.16. The molecule has 4 aromatic rings. The maximum absolute atomic E-state index is 13.7. The first kappa shape index (κ1) is 26.8. The zero-order valence-corrected chi connectivity index (χ0v) is 22.7. The summed E-state index contributed by atoms with van der Waals surface area (Å²) in [6, 6.07) is 8.42. The van der Waals surface area contributed by atoms with Crippen LogP contribution in [0.4, 0.5) is 8.78 Å². The molecule has 0 aliphatic heterocycles. The molecule has 11 heteroatoms. The Balaban J connectivity index is 1.69. The third kappa shape index (κ3) is 4.68. The van der Waals surface area contributed by atoms with Gasteiger partial charge in [0.1, 0.15) is 16.7 Å². The van der Waals surface area contributed by atoms with Crippen molar-refractivity contribution in [3.63, 3.8) is 0 Å². The van der Waals surface area contributed by atoms with Gasteiger partial charge in [0, 0.05) is 47.9 Å². The number of rotatable bonds is 6. The fraction of sp³-hybridized carbons (Fsp3) is 0.321. The molecule has 1 saturated carbocycles. The number of fused-ring (bicyclic) bond motifs is 1. The maximum Gasteiger partial charge on any atom is 0.274 e. The van der Waals surface area contributed by atoms with Crippen molar-refractivity contribution in [3.8, 4) is 22.8 Å². The van der Waals surface area contributed by atoms with Crippen molar-refractivity contribution in [2.45, 2.75) is 51.2 Å². The van der Waals surface area contributed by atoms with Crippen molar-refractivity contribution < 1.29 is 23.4 Å². The van der Waals surface area contributed by atoms with Crippen molar-refractivity contribution >= 4 is 28.4 Å². The minimum atomic E-state index is -3.00. The number of para-hydroxylation sites is 1. The van der Waals surface area contributed by atoms with Gasteiger partial charge < -0.3 is 24.7 Å². The third-order valence-corrected chi connectivity index (χ3v) is 7.36. The first-order valence-electron chi connectivity index (χ1n) is 12.2. The molecule has 3 aromatic heterocycles. The highest BCUT2D eigenvalue weighted by molar-refractivity contribution is 6.32. The number of benzene rings is 1. The van der Waals surface area contributed by atoms with E-state index in [1.54, 1.807) is 45.3 Å². The largest absolute Gasteiger partial charge is 0.437 e. The van der Waals surface area contributed by atoms with Gasteiger partial charge in [0.2, 0.25) is 5.88 Å². The quantitative estimate of drug-likeness (QED) is 0.293. The number of amides is 1. The van der Waals surface area contributed by atoms with Crippen molar-refractivity contribution in [1.82, 2.24) is 19.9 Å². The SMILES string of the molecule is Cc1cccc(Cl)c1Oc1ncc(C(C)(C)O)cc1-c1cn(C)c(=O)c2[nH]c(C(=O)NC3(C)CC3(F)F)cc12. The van der Waals surface area contributed by atoms with Gasteiger partial charge in [-0.25, -0.2) is 13.8 Å². The number of hydrogen-bond donors (Lipinski definition) is 3. The second kappa shape index (κ2) is 8.89. The second-order valence-corrected chi connectivity index (χ2v) is 11.1. The number of alkyl halides is 2. The van der Waals surface area contributed by atoms with Crippen LogP contribution in [0, 0.1) is 6.92 Å². The highest BCUT2D eigenvalue weighted by Crippen LogP contribution is 2.52. The molecule has 1 unspecified atom stereocenters. The van der Waals surface area contributed by atoms with Gasteiger partial charge >= 0.3 is 0 Å². The molecule has 0 spiro atoms. The van der Waals surface area contributed by atoms with Crippen LogP contribution in [-0.2, 0) is 12.6 Å². The van der Waals surface area contributed by atoms with Gasteiger partial charge in [-0.15, -0.1) is 0 Å². The average molecular weight is 557 g/mol. The number of hydrogen-bond acceptors (Lipinski definition) is 5. The van der Waals surface area contributed by atoms with E-state index in [-0.39, 0.29) is 17.1 Å². The lowest BCUT2D eigenvalue weighted by Crippen LogP contribution is -2.39. The van der Waals surface area contributed by atoms with Crippen LogP contribution >= 0.6 is 11.6 Å². The smallest absolute Gasteiger partial charge is 0.274 e. The lowest BCUT2D eigenvalue weighted by atomic mass is 9.96. The van der Waals surface area contributed by atoms with Crippen molar-refractivity contribution in [2.24, 2.45) is 7.05 Å². The molecule has 204 valence electrons. The Labute approximate surface area is 227 Å². The molecular formula is C28H27ClF2N4O4. The average Bonchev–Trinajstić information content (AvgIpc) is 3.16. The molecule has 1 amide bonds. The fourth-order valence-corrected chi connectivity index (χ4v) is 4.69. The Hall–Kier alpha value is -3.76. The van der Waals surface area contributed by atoms with Crippen LogP contribution in [0.25, 0.3) is 22.0 Å². The van der Waals surface area contributed by atoms with Crippen molar-refractivity contribution in [1.29, 1.82) is 0 Å². The Morgan fingerprint density at radius 1 is 1.28 bits per heavy atom. The Kier molecular flexibility index (Phi) is 6.12. The molecule has 5 rings (SSSR count). The number of nitrogens with zero attached hydrogens (tertiary/aromatic N) is 2. The number of ether oxygens (including phenoxy) is 1. The summed E-state index contributed by atoms with van der Waals surface area (Å²) in [6.45, 7) is 6.31. The van der Waals surface area contributed by atoms with E-state index >= 15 is 0 Å². The van der Waals surface area contributed by atoms with Gasteiger partial charge in [-0.05, 0) is 51.5 Å². The monoisotopic (exact) mass is 556 g/mol. The van der Waals surface area contributed by atoms with Gasteiger partial charge in [-0.3, -0.25) is 9.59 Å².